The molecule has 38 heavy (non-hydrogen) atoms. The molecule has 5 rings (SSSR count). The number of fused-ring (bicyclic) bond motifs is 3. The number of nitrogens with two attached hydrogens (primary N) is 4. The summed E-state index contributed by atoms with van der Waals surface area (Å²) in [5.74, 6) is 12.1. The van der Waals surface area contributed by atoms with E-state index in [1.54, 1.807) is 6.07 Å². The number of hydrogen-bond donors (Lipinski definition) is 5. The summed E-state index contributed by atoms with van der Waals surface area (Å²) < 4.78 is 1.90. The Hall–Kier alpha value is -4.90. The van der Waals surface area contributed by atoms with Crippen molar-refractivity contribution in [2.45, 2.75) is 6.54 Å². The zero-order valence-electron chi connectivity index (χ0n) is 20.4. The summed E-state index contributed by atoms with van der Waals surface area (Å²) in [5.41, 5.74) is 16.6. The molecule has 1 heterocycles. The number of anilines is 2. The number of hydrazine groups is 2. The summed E-state index contributed by atoms with van der Waals surface area (Å²) in [4.78, 5) is 24.2. The van der Waals surface area contributed by atoms with Crippen LogP contribution in [0.3, 0.4) is 0 Å². The van der Waals surface area contributed by atoms with Crippen LogP contribution < -0.4 is 33.2 Å². The second-order valence-electron chi connectivity index (χ2n) is 8.80. The van der Waals surface area contributed by atoms with E-state index in [1.165, 1.54) is 6.07 Å². The highest BCUT2D eigenvalue weighted by Crippen LogP contribution is 2.44. The van der Waals surface area contributed by atoms with Gasteiger partial charge in [0.05, 0.1) is 29.0 Å². The Balaban J connectivity index is 2.00. The maximum absolute atomic E-state index is 12.3. The largest absolute Gasteiger partial charge is 0.395 e. The smallest absolute Gasteiger partial charge is 0.333 e. The van der Waals surface area contributed by atoms with Gasteiger partial charge in [-0.2, -0.15) is 0 Å². The molecule has 0 aliphatic rings. The minimum Gasteiger partial charge on any atom is -0.395 e. The van der Waals surface area contributed by atoms with Gasteiger partial charge in [-0.3, -0.25) is 0 Å². The third kappa shape index (κ3) is 4.18. The number of nitrogens with zero attached hydrogens (tertiary/aromatic N) is 3. The summed E-state index contributed by atoms with van der Waals surface area (Å²) in [6.07, 6.45) is 0. The number of urea groups is 2. The number of benzene rings is 4. The van der Waals surface area contributed by atoms with Gasteiger partial charge in [-0.05, 0) is 46.5 Å². The molecule has 10 nitrogen and oxygen atoms in total. The van der Waals surface area contributed by atoms with Crippen LogP contribution in [0.4, 0.5) is 21.0 Å². The van der Waals surface area contributed by atoms with E-state index in [0.29, 0.717) is 10.9 Å². The maximum Gasteiger partial charge on any atom is 0.333 e. The fraction of sp³-hybridized carbons (Fsp3) is 0.0714. The molecule has 0 aliphatic heterocycles. The monoisotopic (exact) mass is 509 g/mol. The first-order valence-electron chi connectivity index (χ1n) is 11.9. The number of aliphatic hydroxyl groups is 1. The highest BCUT2D eigenvalue weighted by atomic mass is 16.3. The van der Waals surface area contributed by atoms with Crippen molar-refractivity contribution in [3.63, 3.8) is 0 Å². The fourth-order valence-electron chi connectivity index (χ4n) is 4.86. The van der Waals surface area contributed by atoms with Gasteiger partial charge >= 0.3 is 12.1 Å². The Morgan fingerprint density at radius 3 is 1.87 bits per heavy atom. The van der Waals surface area contributed by atoms with Crippen LogP contribution in [0.1, 0.15) is 0 Å². The SMILES string of the molecule is NC(=O)N(N)c1cc(N(N)C(N)=O)c2c3c(-c4ccccc4)cc(-c4ccccc4)cc3n(CCO)c2c1. The summed E-state index contributed by atoms with van der Waals surface area (Å²) in [6.45, 7) is 0.0522. The molecule has 1 aromatic heterocycles. The standard InChI is InChI=1S/C28H27N7O3/c29-27(37)34(31)20-15-23-26(24(16-20)35(32)28(30)38)25-21(18-9-5-2-6-10-18)13-19(17-7-3-1-4-8-17)14-22(25)33(23)11-12-36/h1-10,13-16,36H,11-12,31-32H2,(H2,29,37)(H2,30,38). The van der Waals surface area contributed by atoms with E-state index in [2.05, 4.69) is 6.07 Å². The Morgan fingerprint density at radius 1 is 0.711 bits per heavy atom. The zero-order valence-corrected chi connectivity index (χ0v) is 20.4. The first kappa shape index (κ1) is 24.8. The van der Waals surface area contributed by atoms with E-state index in [0.717, 1.165) is 43.2 Å². The Bertz CT molecular complexity index is 1670. The highest BCUT2D eigenvalue weighted by Gasteiger charge is 2.24. The van der Waals surface area contributed by atoms with Gasteiger partial charge in [0.15, 0.2) is 0 Å². The van der Waals surface area contributed by atoms with Crippen LogP contribution in [0.25, 0.3) is 44.1 Å². The maximum atomic E-state index is 12.3. The predicted molar refractivity (Wildman–Crippen MR) is 150 cm³/mol. The number of hydrogen-bond acceptors (Lipinski definition) is 5. The molecule has 4 aromatic carbocycles. The summed E-state index contributed by atoms with van der Waals surface area (Å²) in [7, 11) is 0. The number of carbonyl (C=O) groups excluding carboxylic acids is 2. The van der Waals surface area contributed by atoms with E-state index in [4.69, 9.17) is 23.2 Å². The van der Waals surface area contributed by atoms with Crippen LogP contribution >= 0.6 is 0 Å². The van der Waals surface area contributed by atoms with E-state index in [1.807, 2.05) is 71.3 Å². The van der Waals surface area contributed by atoms with Gasteiger partial charge in [0.2, 0.25) is 0 Å². The van der Waals surface area contributed by atoms with Crippen molar-refractivity contribution in [1.29, 1.82) is 0 Å². The topological polar surface area (TPSA) is 170 Å². The molecule has 10 heteroatoms. The predicted octanol–water partition coefficient (Wildman–Crippen LogP) is 3.64. The van der Waals surface area contributed by atoms with Crippen molar-refractivity contribution in [2.75, 3.05) is 16.6 Å². The van der Waals surface area contributed by atoms with Crippen molar-refractivity contribution < 1.29 is 14.7 Å². The Labute approximate surface area is 218 Å². The van der Waals surface area contributed by atoms with Crippen LogP contribution in [0.2, 0.25) is 0 Å². The molecule has 0 unspecified atom stereocenters. The first-order valence-corrected chi connectivity index (χ1v) is 11.9. The van der Waals surface area contributed by atoms with Crippen molar-refractivity contribution in [2.24, 2.45) is 23.2 Å². The van der Waals surface area contributed by atoms with Crippen molar-refractivity contribution in [3.05, 3.63) is 84.9 Å². The molecular weight excluding hydrogens is 482 g/mol. The minimum atomic E-state index is -0.906. The lowest BCUT2D eigenvalue weighted by Gasteiger charge is -2.20. The average Bonchev–Trinajstić information content (AvgIpc) is 3.25. The lowest BCUT2D eigenvalue weighted by Crippen LogP contribution is -2.43. The van der Waals surface area contributed by atoms with Crippen molar-refractivity contribution in [3.8, 4) is 22.3 Å². The quantitative estimate of drug-likeness (QED) is 0.133. The van der Waals surface area contributed by atoms with Crippen LogP contribution in [0, 0.1) is 0 Å². The van der Waals surface area contributed by atoms with Gasteiger partial charge in [0, 0.05) is 17.3 Å². The van der Waals surface area contributed by atoms with Crippen molar-refractivity contribution >= 4 is 45.2 Å². The van der Waals surface area contributed by atoms with Gasteiger partial charge < -0.3 is 21.1 Å². The average molecular weight is 510 g/mol. The normalized spacial score (nSPS) is 11.1. The molecule has 0 radical (unpaired) electrons. The van der Waals surface area contributed by atoms with E-state index in [9.17, 15) is 14.7 Å². The third-order valence-corrected chi connectivity index (χ3v) is 6.56. The fourth-order valence-corrected chi connectivity index (χ4v) is 4.86. The Morgan fingerprint density at radius 2 is 1.29 bits per heavy atom. The number of amides is 4. The van der Waals surface area contributed by atoms with E-state index >= 15 is 0 Å². The lowest BCUT2D eigenvalue weighted by molar-refractivity contribution is 0.253. The molecule has 0 aliphatic carbocycles. The summed E-state index contributed by atoms with van der Waals surface area (Å²) in [6, 6.07) is 25.2. The van der Waals surface area contributed by atoms with Gasteiger partial charge in [-0.1, -0.05) is 60.7 Å². The molecule has 0 fully saturated rings. The van der Waals surface area contributed by atoms with Gasteiger partial charge in [0.25, 0.3) is 0 Å². The molecule has 0 spiro atoms. The van der Waals surface area contributed by atoms with Crippen LogP contribution in [0.5, 0.6) is 0 Å². The van der Waals surface area contributed by atoms with Gasteiger partial charge in [-0.15, -0.1) is 0 Å². The molecule has 4 amide bonds. The molecule has 0 bridgehead atoms. The second-order valence-corrected chi connectivity index (χ2v) is 8.80. The Kier molecular flexibility index (Phi) is 6.43. The third-order valence-electron chi connectivity index (χ3n) is 6.56. The van der Waals surface area contributed by atoms with Crippen molar-refractivity contribution in [1.82, 2.24) is 4.57 Å². The first-order chi connectivity index (χ1) is 18.3. The molecule has 9 N–H and O–H groups in total. The van der Waals surface area contributed by atoms with Gasteiger partial charge in [0.1, 0.15) is 0 Å². The number of rotatable bonds is 6. The lowest BCUT2D eigenvalue weighted by atomic mass is 9.94. The minimum absolute atomic E-state index is 0.168. The highest BCUT2D eigenvalue weighted by molar-refractivity contribution is 6.22. The molecule has 0 atom stereocenters. The number of primary amides is 2. The summed E-state index contributed by atoms with van der Waals surface area (Å²) in [5, 5.41) is 13.0. The van der Waals surface area contributed by atoms with E-state index < -0.39 is 12.1 Å². The van der Waals surface area contributed by atoms with Crippen LogP contribution in [-0.2, 0) is 6.54 Å². The second kappa shape index (κ2) is 9.87. The molecular formula is C28H27N7O3. The van der Waals surface area contributed by atoms with Crippen LogP contribution in [0.15, 0.2) is 84.9 Å². The number of aromatic nitrogens is 1. The molecule has 0 saturated carbocycles. The van der Waals surface area contributed by atoms with Gasteiger partial charge in [-0.25, -0.2) is 31.3 Å². The van der Waals surface area contributed by atoms with Crippen LogP contribution in [-0.4, -0.2) is 28.3 Å². The number of carbonyl (C=O) groups is 2. The summed E-state index contributed by atoms with van der Waals surface area (Å²) >= 11 is 0. The zero-order chi connectivity index (χ0) is 27.0. The van der Waals surface area contributed by atoms with E-state index in [-0.39, 0.29) is 24.5 Å². The molecule has 0 saturated heterocycles. The molecule has 5 aromatic rings. The molecule has 192 valence electrons. The number of aliphatic hydroxyl groups excluding tert-OH is 1.